The van der Waals surface area contributed by atoms with Crippen molar-refractivity contribution < 1.29 is 9.53 Å². The molecule has 1 amide bonds. The number of rotatable bonds is 5. The van der Waals surface area contributed by atoms with Gasteiger partial charge in [0.15, 0.2) is 0 Å². The SMILES string of the molecule is O=C1C(Oc2ccccc2)C(c2ccccc2)N1/C=C/c1ccccc1. The van der Waals surface area contributed by atoms with Crippen LogP contribution in [0, 0.1) is 0 Å². The Bertz CT molecular complexity index is 891. The summed E-state index contributed by atoms with van der Waals surface area (Å²) in [7, 11) is 0. The number of carbonyl (C=O) groups is 1. The normalized spacial score (nSPS) is 19.4. The van der Waals surface area contributed by atoms with Gasteiger partial charge in [-0.15, -0.1) is 0 Å². The largest absolute Gasteiger partial charge is 0.478 e. The van der Waals surface area contributed by atoms with E-state index in [0.717, 1.165) is 11.1 Å². The van der Waals surface area contributed by atoms with Crippen LogP contribution in [0.2, 0.25) is 0 Å². The van der Waals surface area contributed by atoms with Crippen molar-refractivity contribution >= 4 is 12.0 Å². The molecule has 1 aliphatic heterocycles. The number of amides is 1. The number of nitrogens with zero attached hydrogens (tertiary/aromatic N) is 1. The standard InChI is InChI=1S/C23H19NO2/c25-23-22(26-20-14-8-3-9-15-20)21(19-12-6-2-7-13-19)24(23)17-16-18-10-4-1-5-11-18/h1-17,21-22H/b17-16+. The molecule has 4 rings (SSSR count). The Hall–Kier alpha value is -3.33. The molecule has 3 nitrogen and oxygen atoms in total. The van der Waals surface area contributed by atoms with E-state index < -0.39 is 6.10 Å². The maximum atomic E-state index is 12.7. The molecule has 2 unspecified atom stereocenters. The summed E-state index contributed by atoms with van der Waals surface area (Å²) in [6, 6.07) is 29.3. The molecule has 0 aliphatic carbocycles. The molecule has 128 valence electrons. The summed E-state index contributed by atoms with van der Waals surface area (Å²) in [4.78, 5) is 14.5. The summed E-state index contributed by atoms with van der Waals surface area (Å²) < 4.78 is 5.99. The predicted octanol–water partition coefficient (Wildman–Crippen LogP) is 4.69. The summed E-state index contributed by atoms with van der Waals surface area (Å²) in [5, 5.41) is 0. The Morgan fingerprint density at radius 3 is 2.00 bits per heavy atom. The maximum Gasteiger partial charge on any atom is 0.270 e. The average Bonchev–Trinajstić information content (AvgIpc) is 2.71. The van der Waals surface area contributed by atoms with E-state index in [0.29, 0.717) is 5.75 Å². The van der Waals surface area contributed by atoms with Crippen molar-refractivity contribution in [2.24, 2.45) is 0 Å². The smallest absolute Gasteiger partial charge is 0.270 e. The topological polar surface area (TPSA) is 29.5 Å². The quantitative estimate of drug-likeness (QED) is 0.630. The third kappa shape index (κ3) is 3.24. The van der Waals surface area contributed by atoms with Crippen LogP contribution in [0.4, 0.5) is 0 Å². The number of para-hydroxylation sites is 1. The average molecular weight is 341 g/mol. The van der Waals surface area contributed by atoms with Crippen LogP contribution in [0.3, 0.4) is 0 Å². The molecule has 3 heteroatoms. The molecule has 1 heterocycles. The van der Waals surface area contributed by atoms with Gasteiger partial charge >= 0.3 is 0 Å². The molecule has 1 fully saturated rings. The lowest BCUT2D eigenvalue weighted by Crippen LogP contribution is -2.58. The highest BCUT2D eigenvalue weighted by molar-refractivity contribution is 5.90. The van der Waals surface area contributed by atoms with Crippen LogP contribution in [-0.4, -0.2) is 16.9 Å². The first-order valence-electron chi connectivity index (χ1n) is 8.65. The summed E-state index contributed by atoms with van der Waals surface area (Å²) in [5.41, 5.74) is 2.12. The van der Waals surface area contributed by atoms with Crippen LogP contribution >= 0.6 is 0 Å². The first kappa shape index (κ1) is 16.2. The number of hydrogen-bond donors (Lipinski definition) is 0. The Morgan fingerprint density at radius 2 is 1.35 bits per heavy atom. The fourth-order valence-electron chi connectivity index (χ4n) is 3.13. The highest BCUT2D eigenvalue weighted by Crippen LogP contribution is 2.38. The van der Waals surface area contributed by atoms with Crippen LogP contribution < -0.4 is 4.74 Å². The van der Waals surface area contributed by atoms with E-state index in [1.54, 1.807) is 4.90 Å². The molecule has 0 spiro atoms. The Balaban J connectivity index is 1.60. The molecule has 1 aliphatic rings. The van der Waals surface area contributed by atoms with E-state index in [9.17, 15) is 4.79 Å². The van der Waals surface area contributed by atoms with Gasteiger partial charge in [-0.2, -0.15) is 0 Å². The molecule has 0 radical (unpaired) electrons. The summed E-state index contributed by atoms with van der Waals surface area (Å²) in [6.07, 6.45) is 3.28. The second-order valence-corrected chi connectivity index (χ2v) is 6.18. The minimum Gasteiger partial charge on any atom is -0.478 e. The fourth-order valence-corrected chi connectivity index (χ4v) is 3.13. The number of β-lactam (4-membered cyclic amide) rings is 1. The number of likely N-dealkylation sites (tertiary alicyclic amines) is 1. The molecular weight excluding hydrogens is 322 g/mol. The van der Waals surface area contributed by atoms with E-state index in [2.05, 4.69) is 0 Å². The molecule has 1 saturated heterocycles. The fraction of sp³-hybridized carbons (Fsp3) is 0.0870. The molecule has 0 bridgehead atoms. The van der Waals surface area contributed by atoms with Crippen molar-refractivity contribution in [3.8, 4) is 5.75 Å². The first-order valence-corrected chi connectivity index (χ1v) is 8.65. The lowest BCUT2D eigenvalue weighted by Gasteiger charge is -2.44. The number of benzene rings is 3. The molecule has 0 saturated carbocycles. The van der Waals surface area contributed by atoms with Crippen LogP contribution in [0.5, 0.6) is 5.75 Å². The third-order valence-corrected chi connectivity index (χ3v) is 4.46. The minimum atomic E-state index is -0.514. The van der Waals surface area contributed by atoms with Crippen LogP contribution in [0.25, 0.3) is 6.08 Å². The summed E-state index contributed by atoms with van der Waals surface area (Å²) in [5.74, 6) is 0.674. The molecule has 0 N–H and O–H groups in total. The first-order chi connectivity index (χ1) is 12.8. The van der Waals surface area contributed by atoms with Gasteiger partial charge in [-0.25, -0.2) is 0 Å². The van der Waals surface area contributed by atoms with Gasteiger partial charge < -0.3 is 9.64 Å². The third-order valence-electron chi connectivity index (χ3n) is 4.46. The van der Waals surface area contributed by atoms with Crippen LogP contribution in [-0.2, 0) is 4.79 Å². The van der Waals surface area contributed by atoms with E-state index in [4.69, 9.17) is 4.74 Å². The Labute approximate surface area is 153 Å². The Morgan fingerprint density at radius 1 is 0.769 bits per heavy atom. The number of hydrogen-bond acceptors (Lipinski definition) is 2. The van der Waals surface area contributed by atoms with Gasteiger partial charge in [-0.05, 0) is 29.3 Å². The second kappa shape index (κ2) is 7.28. The van der Waals surface area contributed by atoms with Gasteiger partial charge in [0.05, 0.1) is 0 Å². The van der Waals surface area contributed by atoms with Crippen LogP contribution in [0.1, 0.15) is 17.2 Å². The van der Waals surface area contributed by atoms with Gasteiger partial charge in [0.25, 0.3) is 5.91 Å². The summed E-state index contributed by atoms with van der Waals surface area (Å²) >= 11 is 0. The van der Waals surface area contributed by atoms with E-state index in [-0.39, 0.29) is 11.9 Å². The highest BCUT2D eigenvalue weighted by Gasteiger charge is 2.49. The van der Waals surface area contributed by atoms with Crippen molar-refractivity contribution in [2.75, 3.05) is 0 Å². The van der Waals surface area contributed by atoms with Gasteiger partial charge in [-0.3, -0.25) is 4.79 Å². The Kier molecular flexibility index (Phi) is 4.52. The number of ether oxygens (including phenoxy) is 1. The monoisotopic (exact) mass is 341 g/mol. The second-order valence-electron chi connectivity index (χ2n) is 6.18. The molecule has 3 aromatic carbocycles. The van der Waals surface area contributed by atoms with E-state index >= 15 is 0 Å². The van der Waals surface area contributed by atoms with Crippen LogP contribution in [0.15, 0.2) is 97.2 Å². The predicted molar refractivity (Wildman–Crippen MR) is 102 cm³/mol. The number of carbonyl (C=O) groups excluding carboxylic acids is 1. The maximum absolute atomic E-state index is 12.7. The lowest BCUT2D eigenvalue weighted by atomic mass is 9.91. The molecular formula is C23H19NO2. The highest BCUT2D eigenvalue weighted by atomic mass is 16.5. The van der Waals surface area contributed by atoms with Crippen molar-refractivity contribution in [1.29, 1.82) is 0 Å². The van der Waals surface area contributed by atoms with Gasteiger partial charge in [0, 0.05) is 6.20 Å². The van der Waals surface area contributed by atoms with Crippen molar-refractivity contribution in [3.63, 3.8) is 0 Å². The minimum absolute atomic E-state index is 0.0325. The van der Waals surface area contributed by atoms with E-state index in [1.165, 1.54) is 0 Å². The molecule has 2 atom stereocenters. The zero-order valence-electron chi connectivity index (χ0n) is 14.2. The van der Waals surface area contributed by atoms with Gasteiger partial charge in [0.1, 0.15) is 11.8 Å². The van der Waals surface area contributed by atoms with Crippen molar-refractivity contribution in [1.82, 2.24) is 4.90 Å². The van der Waals surface area contributed by atoms with Crippen molar-refractivity contribution in [3.05, 3.63) is 108 Å². The summed E-state index contributed by atoms with van der Waals surface area (Å²) in [6.45, 7) is 0. The van der Waals surface area contributed by atoms with Gasteiger partial charge in [0.2, 0.25) is 6.10 Å². The van der Waals surface area contributed by atoms with Gasteiger partial charge in [-0.1, -0.05) is 78.9 Å². The zero-order valence-corrected chi connectivity index (χ0v) is 14.2. The van der Waals surface area contributed by atoms with Crippen molar-refractivity contribution in [2.45, 2.75) is 12.1 Å². The lowest BCUT2D eigenvalue weighted by molar-refractivity contribution is -0.157. The molecule has 3 aromatic rings. The zero-order chi connectivity index (χ0) is 17.8. The van der Waals surface area contributed by atoms with E-state index in [1.807, 2.05) is 103 Å². The molecule has 0 aromatic heterocycles. The molecule has 26 heavy (non-hydrogen) atoms.